The molecule has 1 aromatic rings. The molecule has 0 spiro atoms. The number of cyclic esters (lactones) is 1. The number of esters is 1. The number of rotatable bonds is 9. The fraction of sp³-hybridized carbons (Fsp3) is 0.556. The number of ether oxygens (including phenoxy) is 1. The van der Waals surface area contributed by atoms with Gasteiger partial charge in [0.15, 0.2) is 6.04 Å². The van der Waals surface area contributed by atoms with Crippen molar-refractivity contribution >= 4 is 35.4 Å². The summed E-state index contributed by atoms with van der Waals surface area (Å²) in [7, 11) is 0. The summed E-state index contributed by atoms with van der Waals surface area (Å²) in [6.07, 6.45) is 9.14. The molecule has 0 aromatic heterocycles. The van der Waals surface area contributed by atoms with Crippen LogP contribution >= 0.6 is 0 Å². The summed E-state index contributed by atoms with van der Waals surface area (Å²) in [6.45, 7) is 8.88. The molecule has 4 amide bonds. The standard InChI is InChI=1S/C45H61FN6O11/c1-27(2)40-43(59)47-36(25-31-23-32(46)26-33(54)24-31)44(60)51-20-12-14-35(50-51)45(61)63-38(28(3)13-11-17-39(56)52-21-9-10-22-62-52)16-8-6-7-15-37(55)30(5)41(57)34(19-18-29(4)53)42(58)49-48-40/h6-8,11,13,15,17,23-24,26-27,30,34-38,40-41,50,54-55,57H,9-10,12,14,16,18-22,25H2,1-5H3,(H,47,59)/b8-6+,15-7+,17-11+,28-13+,49-48?/t30-,34+,35?,36-,37-,38-,40-,41+/m0/s1. The number of hydrogen-bond donors (Lipinski definition) is 5. The van der Waals surface area contributed by atoms with E-state index in [1.54, 1.807) is 39.0 Å². The van der Waals surface area contributed by atoms with Crippen LogP contribution in [0.25, 0.3) is 0 Å². The Morgan fingerprint density at radius 3 is 2.49 bits per heavy atom. The molecule has 1 unspecified atom stereocenters. The second-order valence-electron chi connectivity index (χ2n) is 16.6. The van der Waals surface area contributed by atoms with E-state index in [1.807, 2.05) is 0 Å². The minimum Gasteiger partial charge on any atom is -0.508 e. The molecular formula is C45H61FN6O11. The number of aliphatic hydroxyl groups excluding tert-OH is 2. The van der Waals surface area contributed by atoms with E-state index in [9.17, 15) is 48.5 Å². The molecule has 2 fully saturated rings. The van der Waals surface area contributed by atoms with E-state index in [1.165, 1.54) is 54.3 Å². The van der Waals surface area contributed by atoms with E-state index < -0.39 is 89.4 Å². The molecule has 344 valence electrons. The average Bonchev–Trinajstić information content (AvgIpc) is 3.24. The first-order valence-electron chi connectivity index (χ1n) is 21.4. The third-order valence-electron chi connectivity index (χ3n) is 11.0. The van der Waals surface area contributed by atoms with Gasteiger partial charge in [0.1, 0.15) is 35.5 Å². The van der Waals surface area contributed by atoms with Crippen LogP contribution in [0.1, 0.15) is 85.1 Å². The number of hydroxylamine groups is 2. The number of aromatic hydroxyl groups is 1. The molecular weight excluding hydrogens is 820 g/mol. The third kappa shape index (κ3) is 15.4. The van der Waals surface area contributed by atoms with Crippen molar-refractivity contribution in [2.75, 3.05) is 19.7 Å². The van der Waals surface area contributed by atoms with Crippen LogP contribution in [0.3, 0.4) is 0 Å². The smallest absolute Gasteiger partial charge is 0.325 e. The van der Waals surface area contributed by atoms with Gasteiger partial charge in [-0.05, 0) is 75.1 Å². The highest BCUT2D eigenvalue weighted by Gasteiger charge is 2.37. The number of phenols is 1. The number of halogens is 1. The van der Waals surface area contributed by atoms with E-state index in [2.05, 4.69) is 21.0 Å². The van der Waals surface area contributed by atoms with E-state index >= 15 is 0 Å². The highest BCUT2D eigenvalue weighted by molar-refractivity contribution is 5.91. The number of carbonyl (C=O) groups is 6. The molecule has 18 heteroatoms. The monoisotopic (exact) mass is 880 g/mol. The number of amides is 4. The summed E-state index contributed by atoms with van der Waals surface area (Å²) in [5.74, 6) is -7.70. The Morgan fingerprint density at radius 2 is 1.81 bits per heavy atom. The highest BCUT2D eigenvalue weighted by Crippen LogP contribution is 2.25. The van der Waals surface area contributed by atoms with Gasteiger partial charge in [0.2, 0.25) is 5.91 Å². The molecule has 2 saturated heterocycles. The molecule has 0 aliphatic carbocycles. The van der Waals surface area contributed by atoms with Gasteiger partial charge in [0.05, 0.1) is 24.7 Å². The van der Waals surface area contributed by atoms with Gasteiger partial charge in [0, 0.05) is 50.4 Å². The van der Waals surface area contributed by atoms with Crippen molar-refractivity contribution in [3.63, 3.8) is 0 Å². The van der Waals surface area contributed by atoms with Gasteiger partial charge in [-0.15, -0.1) is 5.11 Å². The maximum atomic E-state index is 14.4. The van der Waals surface area contributed by atoms with Crippen molar-refractivity contribution in [3.8, 4) is 5.75 Å². The predicted octanol–water partition coefficient (Wildman–Crippen LogP) is 3.89. The summed E-state index contributed by atoms with van der Waals surface area (Å²) in [6, 6.07) is -0.520. The van der Waals surface area contributed by atoms with E-state index in [0.717, 1.165) is 25.0 Å². The number of ketones is 1. The van der Waals surface area contributed by atoms with Gasteiger partial charge in [-0.2, -0.15) is 5.11 Å². The van der Waals surface area contributed by atoms with Crippen molar-refractivity contribution in [3.05, 3.63) is 77.7 Å². The molecule has 4 rings (SSSR count). The molecule has 5 N–H and O–H groups in total. The van der Waals surface area contributed by atoms with Crippen molar-refractivity contribution in [1.29, 1.82) is 0 Å². The van der Waals surface area contributed by atoms with Crippen LogP contribution in [-0.4, -0.2) is 117 Å². The Balaban J connectivity index is 1.72. The number of aliphatic hydroxyl groups is 2. The number of carbonyl (C=O) groups excluding carboxylic acids is 6. The van der Waals surface area contributed by atoms with Crippen LogP contribution in [0.2, 0.25) is 0 Å². The summed E-state index contributed by atoms with van der Waals surface area (Å²) in [5, 5.41) is 45.5. The fourth-order valence-electron chi connectivity index (χ4n) is 7.22. The second kappa shape index (κ2) is 24.4. The number of Topliss-reactive ketones (excluding diaryl/α,β-unsaturated/α-hetero) is 1. The molecule has 1 aromatic carbocycles. The summed E-state index contributed by atoms with van der Waals surface area (Å²) >= 11 is 0. The molecule has 3 aliphatic heterocycles. The zero-order valence-corrected chi connectivity index (χ0v) is 36.5. The fourth-order valence-corrected chi connectivity index (χ4v) is 7.22. The quantitative estimate of drug-likeness (QED) is 0.135. The Morgan fingerprint density at radius 1 is 1.05 bits per heavy atom. The molecule has 2 bridgehead atoms. The van der Waals surface area contributed by atoms with E-state index in [4.69, 9.17) is 9.57 Å². The lowest BCUT2D eigenvalue weighted by atomic mass is 9.84. The SMILES string of the molecule is CC(=O)CC[C@H]1C(=O)N=N[C@@H](C(C)C)C(=O)N[C@@H](Cc2cc(O)cc(F)c2)C(=O)N2CCCC(N2)C(=O)O[C@H](/C(C)=C/C=C/C(=O)N2CCCCO2)C/C=C/C=C/[C@H](O)[C@H](C)[C@H]1O. The van der Waals surface area contributed by atoms with Crippen molar-refractivity contribution < 1.29 is 58.1 Å². The number of hydrogen-bond acceptors (Lipinski definition) is 13. The first kappa shape index (κ1) is 50.2. The molecule has 3 aliphatic rings. The maximum absolute atomic E-state index is 14.4. The number of nitrogens with one attached hydrogen (secondary N) is 2. The predicted molar refractivity (Wildman–Crippen MR) is 227 cm³/mol. The first-order valence-corrected chi connectivity index (χ1v) is 21.4. The highest BCUT2D eigenvalue weighted by atomic mass is 19.1. The van der Waals surface area contributed by atoms with Crippen LogP contribution in [-0.2, 0) is 44.8 Å². The minimum atomic E-state index is -1.49. The van der Waals surface area contributed by atoms with Crippen LogP contribution in [0.4, 0.5) is 4.39 Å². The average molecular weight is 881 g/mol. The molecule has 63 heavy (non-hydrogen) atoms. The van der Waals surface area contributed by atoms with Crippen LogP contribution in [0, 0.1) is 23.6 Å². The molecule has 17 nitrogen and oxygen atoms in total. The Hall–Kier alpha value is -5.43. The molecule has 8 atom stereocenters. The van der Waals surface area contributed by atoms with Crippen LogP contribution in [0.15, 0.2) is 76.5 Å². The Labute approximate surface area is 367 Å². The van der Waals surface area contributed by atoms with Crippen molar-refractivity contribution in [1.82, 2.24) is 20.8 Å². The number of allylic oxidation sites excluding steroid dienone is 4. The number of nitrogens with zero attached hydrogens (tertiary/aromatic N) is 4. The van der Waals surface area contributed by atoms with Crippen LogP contribution < -0.4 is 10.7 Å². The third-order valence-corrected chi connectivity index (χ3v) is 11.0. The number of phenolic OH excluding ortho intramolecular Hbond substituents is 1. The molecule has 0 radical (unpaired) electrons. The Bertz CT molecular complexity index is 1920. The minimum absolute atomic E-state index is 0.0815. The first-order chi connectivity index (χ1) is 29.9. The van der Waals surface area contributed by atoms with Gasteiger partial charge in [-0.3, -0.25) is 33.8 Å². The number of benzene rings is 1. The van der Waals surface area contributed by atoms with Gasteiger partial charge in [-0.25, -0.2) is 14.9 Å². The second-order valence-corrected chi connectivity index (χ2v) is 16.6. The number of fused-ring (bicyclic) bond motifs is 2. The molecule has 0 saturated carbocycles. The Kier molecular flexibility index (Phi) is 19.5. The topological polar surface area (TPSA) is 237 Å². The zero-order valence-electron chi connectivity index (χ0n) is 36.5. The largest absolute Gasteiger partial charge is 0.508 e. The van der Waals surface area contributed by atoms with Crippen LogP contribution in [0.5, 0.6) is 5.75 Å². The number of hydrazine groups is 1. The van der Waals surface area contributed by atoms with E-state index in [0.29, 0.717) is 25.1 Å². The van der Waals surface area contributed by atoms with Gasteiger partial charge in [0.25, 0.3) is 17.7 Å². The summed E-state index contributed by atoms with van der Waals surface area (Å²) < 4.78 is 20.4. The number of azo groups is 1. The lowest BCUT2D eigenvalue weighted by Gasteiger charge is -2.36. The maximum Gasteiger partial charge on any atom is 0.325 e. The zero-order chi connectivity index (χ0) is 46.2. The summed E-state index contributed by atoms with van der Waals surface area (Å²) in [4.78, 5) is 85.7. The van der Waals surface area contributed by atoms with Gasteiger partial charge < -0.3 is 30.2 Å². The summed E-state index contributed by atoms with van der Waals surface area (Å²) in [5.41, 5.74) is 3.67. The van der Waals surface area contributed by atoms with Crippen molar-refractivity contribution in [2.45, 2.75) is 122 Å². The van der Waals surface area contributed by atoms with E-state index in [-0.39, 0.29) is 55.9 Å². The molecule has 3 heterocycles. The lowest BCUT2D eigenvalue weighted by molar-refractivity contribution is -0.191. The van der Waals surface area contributed by atoms with Gasteiger partial charge in [-0.1, -0.05) is 57.2 Å². The van der Waals surface area contributed by atoms with Gasteiger partial charge >= 0.3 is 5.97 Å². The van der Waals surface area contributed by atoms with Crippen molar-refractivity contribution in [2.24, 2.45) is 28.0 Å². The normalized spacial score (nSPS) is 28.7. The lowest BCUT2D eigenvalue weighted by Crippen LogP contribution is -2.61.